The number of hydrogen-bond donors (Lipinski definition) is 1. The Morgan fingerprint density at radius 3 is 2.46 bits per heavy atom. The van der Waals surface area contributed by atoms with Crippen molar-refractivity contribution in [3.8, 4) is 0 Å². The average molecular weight is 183 g/mol. The lowest BCUT2D eigenvalue weighted by molar-refractivity contribution is 0.366. The summed E-state index contributed by atoms with van der Waals surface area (Å²) in [6.07, 6.45) is 9.92. The van der Waals surface area contributed by atoms with Crippen LogP contribution in [0.2, 0.25) is 0 Å². The van der Waals surface area contributed by atoms with E-state index in [0.29, 0.717) is 0 Å². The molecule has 0 saturated heterocycles. The van der Waals surface area contributed by atoms with Gasteiger partial charge in [-0.2, -0.15) is 0 Å². The van der Waals surface area contributed by atoms with Gasteiger partial charge < -0.3 is 5.32 Å². The molecular formula is C12H25N. The van der Waals surface area contributed by atoms with Crippen LogP contribution >= 0.6 is 0 Å². The van der Waals surface area contributed by atoms with E-state index in [0.717, 1.165) is 12.0 Å². The van der Waals surface area contributed by atoms with Crippen molar-refractivity contribution in [3.63, 3.8) is 0 Å². The monoisotopic (exact) mass is 183 g/mol. The largest absolute Gasteiger partial charge is 0.314 e. The Labute approximate surface area is 83.3 Å². The van der Waals surface area contributed by atoms with Gasteiger partial charge >= 0.3 is 0 Å². The summed E-state index contributed by atoms with van der Waals surface area (Å²) in [4.78, 5) is 0. The highest BCUT2D eigenvalue weighted by Gasteiger charge is 2.11. The molecule has 0 spiro atoms. The zero-order valence-corrected chi connectivity index (χ0v) is 9.31. The first kappa shape index (κ1) is 11.0. The summed E-state index contributed by atoms with van der Waals surface area (Å²) >= 11 is 0. The van der Waals surface area contributed by atoms with Gasteiger partial charge in [-0.05, 0) is 38.1 Å². The highest BCUT2D eigenvalue weighted by molar-refractivity contribution is 4.71. The molecule has 0 heterocycles. The SMILES string of the molecule is CC(C)CCCNC1CCCCC1. The molecule has 0 atom stereocenters. The van der Waals surface area contributed by atoms with Gasteiger partial charge in [-0.1, -0.05) is 33.1 Å². The maximum absolute atomic E-state index is 3.68. The summed E-state index contributed by atoms with van der Waals surface area (Å²) in [6.45, 7) is 5.85. The van der Waals surface area contributed by atoms with Gasteiger partial charge in [0.05, 0.1) is 0 Å². The molecule has 1 rings (SSSR count). The second-order valence-electron chi connectivity index (χ2n) is 4.83. The second-order valence-corrected chi connectivity index (χ2v) is 4.83. The van der Waals surface area contributed by atoms with Gasteiger partial charge in [0.2, 0.25) is 0 Å². The quantitative estimate of drug-likeness (QED) is 0.645. The Morgan fingerprint density at radius 1 is 1.15 bits per heavy atom. The third-order valence-corrected chi connectivity index (χ3v) is 3.00. The number of hydrogen-bond acceptors (Lipinski definition) is 1. The van der Waals surface area contributed by atoms with Gasteiger partial charge in [-0.3, -0.25) is 0 Å². The van der Waals surface area contributed by atoms with Crippen molar-refractivity contribution >= 4 is 0 Å². The third kappa shape index (κ3) is 5.30. The summed E-state index contributed by atoms with van der Waals surface area (Å²) in [5, 5.41) is 3.68. The summed E-state index contributed by atoms with van der Waals surface area (Å²) < 4.78 is 0. The van der Waals surface area contributed by atoms with E-state index in [1.54, 1.807) is 0 Å². The molecule has 1 nitrogen and oxygen atoms in total. The van der Waals surface area contributed by atoms with E-state index in [9.17, 15) is 0 Å². The third-order valence-electron chi connectivity index (χ3n) is 3.00. The molecule has 0 aliphatic heterocycles. The molecule has 0 bridgehead atoms. The van der Waals surface area contributed by atoms with Crippen LogP contribution in [0.5, 0.6) is 0 Å². The predicted molar refractivity (Wildman–Crippen MR) is 58.9 cm³/mol. The van der Waals surface area contributed by atoms with Crippen molar-refractivity contribution in [1.29, 1.82) is 0 Å². The van der Waals surface area contributed by atoms with E-state index < -0.39 is 0 Å². The Morgan fingerprint density at radius 2 is 1.85 bits per heavy atom. The standard InChI is InChI=1S/C12H25N/c1-11(2)7-6-10-13-12-8-4-3-5-9-12/h11-13H,3-10H2,1-2H3. The Bertz CT molecular complexity index is 114. The molecule has 1 aliphatic rings. The van der Waals surface area contributed by atoms with Crippen LogP contribution in [0.3, 0.4) is 0 Å². The Kier molecular flexibility index (Phi) is 5.45. The van der Waals surface area contributed by atoms with Crippen LogP contribution in [0.25, 0.3) is 0 Å². The van der Waals surface area contributed by atoms with Crippen LogP contribution in [0, 0.1) is 5.92 Å². The summed E-state index contributed by atoms with van der Waals surface area (Å²) in [5.74, 6) is 0.869. The molecule has 1 N–H and O–H groups in total. The molecule has 1 heteroatoms. The fourth-order valence-corrected chi connectivity index (χ4v) is 2.12. The zero-order valence-electron chi connectivity index (χ0n) is 9.31. The van der Waals surface area contributed by atoms with E-state index in [2.05, 4.69) is 19.2 Å². The zero-order chi connectivity index (χ0) is 9.52. The maximum Gasteiger partial charge on any atom is 0.00670 e. The Hall–Kier alpha value is -0.0400. The van der Waals surface area contributed by atoms with Gasteiger partial charge in [-0.25, -0.2) is 0 Å². The van der Waals surface area contributed by atoms with E-state index in [1.165, 1.54) is 51.5 Å². The van der Waals surface area contributed by atoms with Gasteiger partial charge in [0.15, 0.2) is 0 Å². The topological polar surface area (TPSA) is 12.0 Å². The van der Waals surface area contributed by atoms with E-state index in [-0.39, 0.29) is 0 Å². The van der Waals surface area contributed by atoms with Crippen molar-refractivity contribution in [2.75, 3.05) is 6.54 Å². The van der Waals surface area contributed by atoms with Crippen molar-refractivity contribution < 1.29 is 0 Å². The lowest BCUT2D eigenvalue weighted by atomic mass is 9.95. The predicted octanol–water partition coefficient (Wildman–Crippen LogP) is 3.34. The molecule has 1 saturated carbocycles. The fraction of sp³-hybridized carbons (Fsp3) is 1.00. The van der Waals surface area contributed by atoms with Crippen molar-refractivity contribution in [3.05, 3.63) is 0 Å². The molecule has 0 radical (unpaired) electrons. The minimum atomic E-state index is 0.848. The van der Waals surface area contributed by atoms with E-state index >= 15 is 0 Å². The van der Waals surface area contributed by atoms with Crippen molar-refractivity contribution in [2.24, 2.45) is 5.92 Å². The first-order valence-electron chi connectivity index (χ1n) is 6.02. The highest BCUT2D eigenvalue weighted by atomic mass is 14.9. The van der Waals surface area contributed by atoms with Crippen LogP contribution < -0.4 is 5.32 Å². The number of rotatable bonds is 5. The molecule has 0 unspecified atom stereocenters. The van der Waals surface area contributed by atoms with E-state index in [4.69, 9.17) is 0 Å². The Balaban J connectivity index is 1.92. The smallest absolute Gasteiger partial charge is 0.00670 e. The lowest BCUT2D eigenvalue weighted by Gasteiger charge is -2.22. The molecule has 1 aliphatic carbocycles. The second kappa shape index (κ2) is 6.42. The van der Waals surface area contributed by atoms with Crippen LogP contribution in [-0.2, 0) is 0 Å². The van der Waals surface area contributed by atoms with Crippen molar-refractivity contribution in [1.82, 2.24) is 5.32 Å². The van der Waals surface area contributed by atoms with Crippen molar-refractivity contribution in [2.45, 2.75) is 64.8 Å². The minimum absolute atomic E-state index is 0.848. The molecule has 0 aromatic carbocycles. The van der Waals surface area contributed by atoms with Gasteiger partial charge in [0.1, 0.15) is 0 Å². The van der Waals surface area contributed by atoms with Crippen LogP contribution in [0.4, 0.5) is 0 Å². The summed E-state index contributed by atoms with van der Waals surface area (Å²) in [5.41, 5.74) is 0. The molecule has 13 heavy (non-hydrogen) atoms. The normalized spacial score (nSPS) is 19.6. The molecule has 1 fully saturated rings. The maximum atomic E-state index is 3.68. The van der Waals surface area contributed by atoms with Gasteiger partial charge in [0, 0.05) is 6.04 Å². The summed E-state index contributed by atoms with van der Waals surface area (Å²) in [6, 6.07) is 0.848. The first-order chi connectivity index (χ1) is 6.29. The average Bonchev–Trinajstić information content (AvgIpc) is 2.14. The summed E-state index contributed by atoms with van der Waals surface area (Å²) in [7, 11) is 0. The number of nitrogens with one attached hydrogen (secondary N) is 1. The van der Waals surface area contributed by atoms with E-state index in [1.807, 2.05) is 0 Å². The van der Waals surface area contributed by atoms with Crippen LogP contribution in [0.15, 0.2) is 0 Å². The molecule has 0 amide bonds. The van der Waals surface area contributed by atoms with Crippen LogP contribution in [0.1, 0.15) is 58.8 Å². The molecule has 0 aromatic heterocycles. The first-order valence-corrected chi connectivity index (χ1v) is 6.02. The van der Waals surface area contributed by atoms with Gasteiger partial charge in [0.25, 0.3) is 0 Å². The van der Waals surface area contributed by atoms with Gasteiger partial charge in [-0.15, -0.1) is 0 Å². The molecule has 78 valence electrons. The van der Waals surface area contributed by atoms with Crippen LogP contribution in [-0.4, -0.2) is 12.6 Å². The lowest BCUT2D eigenvalue weighted by Crippen LogP contribution is -2.31. The minimum Gasteiger partial charge on any atom is -0.314 e. The molecule has 0 aromatic rings. The highest BCUT2D eigenvalue weighted by Crippen LogP contribution is 2.17. The fourth-order valence-electron chi connectivity index (χ4n) is 2.12. The molecular weight excluding hydrogens is 158 g/mol.